The normalized spacial score (nSPS) is 24.1. The second kappa shape index (κ2) is 5.02. The molecule has 2 heteroatoms. The summed E-state index contributed by atoms with van der Waals surface area (Å²) < 4.78 is 0. The van der Waals surface area contributed by atoms with Crippen LogP contribution in [0.25, 0.3) is 0 Å². The molecule has 0 aromatic heterocycles. The first-order valence-corrected chi connectivity index (χ1v) is 5.65. The lowest BCUT2D eigenvalue weighted by atomic mass is 9.93. The highest BCUT2D eigenvalue weighted by Crippen LogP contribution is 2.35. The van der Waals surface area contributed by atoms with Crippen LogP contribution in [0.15, 0.2) is 11.1 Å². The van der Waals surface area contributed by atoms with Crippen molar-refractivity contribution in [3.05, 3.63) is 11.1 Å². The molecule has 13 heavy (non-hydrogen) atoms. The Kier molecular flexibility index (Phi) is 4.27. The SMILES string of the molecule is CC/C=C(\Cl)C1(O)CCCCCC1. The lowest BCUT2D eigenvalue weighted by Gasteiger charge is -2.26. The molecule has 0 aromatic carbocycles. The number of hydrogen-bond acceptors (Lipinski definition) is 1. The summed E-state index contributed by atoms with van der Waals surface area (Å²) in [6.07, 6.45) is 9.18. The van der Waals surface area contributed by atoms with Crippen LogP contribution in [-0.4, -0.2) is 10.7 Å². The first-order valence-electron chi connectivity index (χ1n) is 5.27. The van der Waals surface area contributed by atoms with Crippen molar-refractivity contribution in [2.45, 2.75) is 57.5 Å². The fraction of sp³-hybridized carbons (Fsp3) is 0.818. The molecule has 1 nitrogen and oxygen atoms in total. The molecule has 1 rings (SSSR count). The number of hydrogen-bond donors (Lipinski definition) is 1. The van der Waals surface area contributed by atoms with E-state index in [1.54, 1.807) is 0 Å². The van der Waals surface area contributed by atoms with Crippen molar-refractivity contribution in [2.75, 3.05) is 0 Å². The Balaban J connectivity index is 2.65. The number of allylic oxidation sites excluding steroid dienone is 1. The van der Waals surface area contributed by atoms with Gasteiger partial charge in [-0.2, -0.15) is 0 Å². The van der Waals surface area contributed by atoms with Crippen LogP contribution in [0.5, 0.6) is 0 Å². The Labute approximate surface area is 85.8 Å². The molecule has 0 radical (unpaired) electrons. The van der Waals surface area contributed by atoms with Gasteiger partial charge in [0.15, 0.2) is 0 Å². The third-order valence-corrected chi connectivity index (χ3v) is 3.26. The first-order chi connectivity index (χ1) is 6.19. The van der Waals surface area contributed by atoms with Crippen LogP contribution in [0.4, 0.5) is 0 Å². The number of halogens is 1. The molecule has 76 valence electrons. The standard InChI is InChI=1S/C11H19ClO/c1-2-7-10(12)11(13)8-5-3-4-6-9-11/h7,13H,2-6,8-9H2,1H3/b10-7-. The molecule has 0 spiro atoms. The summed E-state index contributed by atoms with van der Waals surface area (Å²) in [5.74, 6) is 0. The van der Waals surface area contributed by atoms with Crippen molar-refractivity contribution < 1.29 is 5.11 Å². The Bertz CT molecular complexity index is 179. The highest BCUT2D eigenvalue weighted by Gasteiger charge is 2.30. The predicted molar refractivity (Wildman–Crippen MR) is 56.9 cm³/mol. The molecular formula is C11H19ClO. The Morgan fingerprint density at radius 3 is 2.31 bits per heavy atom. The average Bonchev–Trinajstić information content (AvgIpc) is 2.32. The van der Waals surface area contributed by atoms with Crippen LogP contribution < -0.4 is 0 Å². The van der Waals surface area contributed by atoms with Crippen molar-refractivity contribution >= 4 is 11.6 Å². The van der Waals surface area contributed by atoms with E-state index < -0.39 is 5.60 Å². The largest absolute Gasteiger partial charge is 0.384 e. The smallest absolute Gasteiger partial charge is 0.0998 e. The Morgan fingerprint density at radius 2 is 1.85 bits per heavy atom. The number of rotatable bonds is 2. The van der Waals surface area contributed by atoms with Crippen molar-refractivity contribution in [3.8, 4) is 0 Å². The summed E-state index contributed by atoms with van der Waals surface area (Å²) in [4.78, 5) is 0. The zero-order valence-corrected chi connectivity index (χ0v) is 9.11. The molecule has 0 saturated heterocycles. The van der Waals surface area contributed by atoms with E-state index in [1.165, 1.54) is 12.8 Å². The quantitative estimate of drug-likeness (QED) is 0.679. The molecule has 1 fully saturated rings. The van der Waals surface area contributed by atoms with Gasteiger partial charge in [0, 0.05) is 5.03 Å². The maximum Gasteiger partial charge on any atom is 0.0998 e. The molecule has 0 amide bonds. The molecule has 0 atom stereocenters. The summed E-state index contributed by atoms with van der Waals surface area (Å²) in [6, 6.07) is 0. The highest BCUT2D eigenvalue weighted by molar-refractivity contribution is 6.30. The molecule has 1 aliphatic carbocycles. The van der Waals surface area contributed by atoms with Crippen LogP contribution in [-0.2, 0) is 0 Å². The van der Waals surface area contributed by atoms with E-state index in [4.69, 9.17) is 11.6 Å². The summed E-state index contributed by atoms with van der Waals surface area (Å²) in [7, 11) is 0. The van der Waals surface area contributed by atoms with E-state index in [-0.39, 0.29) is 0 Å². The van der Waals surface area contributed by atoms with E-state index in [0.29, 0.717) is 5.03 Å². The summed E-state index contributed by atoms with van der Waals surface area (Å²) in [5, 5.41) is 10.9. The molecule has 0 aliphatic heterocycles. The second-order valence-corrected chi connectivity index (χ2v) is 4.31. The monoisotopic (exact) mass is 202 g/mol. The third-order valence-electron chi connectivity index (χ3n) is 2.76. The molecular weight excluding hydrogens is 184 g/mol. The molecule has 1 N–H and O–H groups in total. The van der Waals surface area contributed by atoms with Gasteiger partial charge < -0.3 is 5.11 Å². The van der Waals surface area contributed by atoms with E-state index in [1.807, 2.05) is 13.0 Å². The molecule has 0 heterocycles. The van der Waals surface area contributed by atoms with E-state index in [2.05, 4.69) is 0 Å². The molecule has 0 aromatic rings. The fourth-order valence-electron chi connectivity index (χ4n) is 1.92. The van der Waals surface area contributed by atoms with Gasteiger partial charge in [-0.1, -0.05) is 50.3 Å². The van der Waals surface area contributed by atoms with Crippen molar-refractivity contribution in [3.63, 3.8) is 0 Å². The van der Waals surface area contributed by atoms with E-state index >= 15 is 0 Å². The van der Waals surface area contributed by atoms with Gasteiger partial charge in [0.05, 0.1) is 5.60 Å². The van der Waals surface area contributed by atoms with E-state index in [9.17, 15) is 5.11 Å². The van der Waals surface area contributed by atoms with Gasteiger partial charge in [0.2, 0.25) is 0 Å². The fourth-order valence-corrected chi connectivity index (χ4v) is 2.26. The van der Waals surface area contributed by atoms with Gasteiger partial charge in [-0.3, -0.25) is 0 Å². The molecule has 1 aliphatic rings. The molecule has 0 unspecified atom stereocenters. The summed E-state index contributed by atoms with van der Waals surface area (Å²) >= 11 is 6.08. The zero-order chi connectivity index (χ0) is 9.73. The zero-order valence-electron chi connectivity index (χ0n) is 8.35. The van der Waals surface area contributed by atoms with Crippen molar-refractivity contribution in [2.24, 2.45) is 0 Å². The minimum atomic E-state index is -0.700. The van der Waals surface area contributed by atoms with Gasteiger partial charge >= 0.3 is 0 Å². The van der Waals surface area contributed by atoms with Gasteiger partial charge in [-0.05, 0) is 19.3 Å². The topological polar surface area (TPSA) is 20.2 Å². The molecule has 1 saturated carbocycles. The second-order valence-electron chi connectivity index (χ2n) is 3.91. The maximum atomic E-state index is 10.3. The van der Waals surface area contributed by atoms with Crippen LogP contribution in [0.1, 0.15) is 51.9 Å². The van der Waals surface area contributed by atoms with Gasteiger partial charge in [-0.15, -0.1) is 0 Å². The average molecular weight is 203 g/mol. The van der Waals surface area contributed by atoms with Crippen molar-refractivity contribution in [1.29, 1.82) is 0 Å². The van der Waals surface area contributed by atoms with Crippen LogP contribution in [0, 0.1) is 0 Å². The Hall–Kier alpha value is -0.0100. The third kappa shape index (κ3) is 2.99. The lowest BCUT2D eigenvalue weighted by molar-refractivity contribution is 0.0696. The summed E-state index contributed by atoms with van der Waals surface area (Å²) in [6.45, 7) is 2.04. The predicted octanol–water partition coefficient (Wildman–Crippen LogP) is 3.60. The Morgan fingerprint density at radius 1 is 1.31 bits per heavy atom. The molecule has 0 bridgehead atoms. The minimum absolute atomic E-state index is 0.664. The minimum Gasteiger partial charge on any atom is -0.384 e. The van der Waals surface area contributed by atoms with Crippen LogP contribution in [0.2, 0.25) is 0 Å². The van der Waals surface area contributed by atoms with Crippen LogP contribution in [0.3, 0.4) is 0 Å². The maximum absolute atomic E-state index is 10.3. The first kappa shape index (κ1) is 11.1. The van der Waals surface area contributed by atoms with Gasteiger partial charge in [-0.25, -0.2) is 0 Å². The van der Waals surface area contributed by atoms with E-state index in [0.717, 1.165) is 32.1 Å². The summed E-state index contributed by atoms with van der Waals surface area (Å²) in [5.41, 5.74) is -0.700. The lowest BCUT2D eigenvalue weighted by Crippen LogP contribution is -2.28. The van der Waals surface area contributed by atoms with Gasteiger partial charge in [0.1, 0.15) is 0 Å². The van der Waals surface area contributed by atoms with Crippen LogP contribution >= 0.6 is 11.6 Å². The van der Waals surface area contributed by atoms with Crippen molar-refractivity contribution in [1.82, 2.24) is 0 Å². The highest BCUT2D eigenvalue weighted by atomic mass is 35.5. The number of aliphatic hydroxyl groups is 1. The van der Waals surface area contributed by atoms with Gasteiger partial charge in [0.25, 0.3) is 0 Å².